The van der Waals surface area contributed by atoms with Crippen LogP contribution in [0.5, 0.6) is 11.5 Å². The topological polar surface area (TPSA) is 122 Å². The monoisotopic (exact) mass is 591 g/mol. The molecular weight excluding hydrogens is 564 g/mol. The number of alkyl halides is 1. The van der Waals surface area contributed by atoms with Crippen LogP contribution in [0.3, 0.4) is 0 Å². The van der Waals surface area contributed by atoms with Crippen LogP contribution in [0.25, 0.3) is 16.6 Å². The Balaban J connectivity index is 1.28. The molecule has 42 heavy (non-hydrogen) atoms. The van der Waals surface area contributed by atoms with Crippen molar-refractivity contribution in [2.45, 2.75) is 12.6 Å². The zero-order chi connectivity index (χ0) is 29.2. The summed E-state index contributed by atoms with van der Waals surface area (Å²) in [6.45, 7) is 3.93. The minimum Gasteiger partial charge on any atom is -0.573 e. The molecule has 0 spiro atoms. The van der Waals surface area contributed by atoms with Gasteiger partial charge >= 0.3 is 0 Å². The molecule has 0 saturated carbocycles. The van der Waals surface area contributed by atoms with Crippen LogP contribution in [-0.2, 0) is 11.5 Å². The van der Waals surface area contributed by atoms with Crippen LogP contribution in [-0.4, -0.2) is 63.8 Å². The molecule has 2 atom stereocenters. The van der Waals surface area contributed by atoms with Gasteiger partial charge in [-0.25, -0.2) is 13.8 Å². The number of nitrogens with zero attached hydrogens (tertiary/aromatic N) is 5. The number of aromatic nitrogens is 2. The highest BCUT2D eigenvalue weighted by atomic mass is 32.2. The van der Waals surface area contributed by atoms with Crippen molar-refractivity contribution >= 4 is 33.8 Å². The fourth-order valence-electron chi connectivity index (χ4n) is 5.06. The summed E-state index contributed by atoms with van der Waals surface area (Å²) >= 11 is -1.83. The third-order valence-corrected chi connectivity index (χ3v) is 8.50. The summed E-state index contributed by atoms with van der Waals surface area (Å²) < 4.78 is 52.4. The summed E-state index contributed by atoms with van der Waals surface area (Å²) in [6.07, 6.45) is 0.637. The fraction of sp³-hybridized carbons (Fsp3) is 0.276. The second kappa shape index (κ2) is 11.9. The maximum Gasteiger partial charge on any atom is 0.265 e. The van der Waals surface area contributed by atoms with E-state index in [2.05, 4.69) is 19.9 Å². The third kappa shape index (κ3) is 5.62. The SMILES string of the molecule is N#Cc1c(N[S+]([O-])N2CCC(F)C2)ccc(F)c1Oc1ccc2ncn(-c3ccc(N4CCNCC4)cc3)c(=O)c2c1. The van der Waals surface area contributed by atoms with Crippen LogP contribution in [0.1, 0.15) is 12.0 Å². The Bertz CT molecular complexity index is 1710. The van der Waals surface area contributed by atoms with Crippen molar-refractivity contribution in [1.29, 1.82) is 5.26 Å². The molecule has 216 valence electrons. The summed E-state index contributed by atoms with van der Waals surface area (Å²) in [5.74, 6) is -1.10. The number of hydrogen-bond acceptors (Lipinski definition) is 9. The number of nitrogens with one attached hydrogen (secondary N) is 2. The van der Waals surface area contributed by atoms with Gasteiger partial charge in [0.2, 0.25) is 0 Å². The van der Waals surface area contributed by atoms with Gasteiger partial charge in [0.25, 0.3) is 5.56 Å². The van der Waals surface area contributed by atoms with Gasteiger partial charge in [0.1, 0.15) is 35.6 Å². The molecule has 1 aromatic heterocycles. The van der Waals surface area contributed by atoms with E-state index in [1.54, 1.807) is 6.07 Å². The van der Waals surface area contributed by atoms with Crippen LogP contribution < -0.4 is 25.2 Å². The maximum absolute atomic E-state index is 14.9. The van der Waals surface area contributed by atoms with Crippen molar-refractivity contribution in [1.82, 2.24) is 19.2 Å². The molecule has 0 amide bonds. The molecule has 2 N–H and O–H groups in total. The molecule has 2 saturated heterocycles. The van der Waals surface area contributed by atoms with E-state index in [9.17, 15) is 23.4 Å². The number of hydrogen-bond donors (Lipinski definition) is 2. The Morgan fingerprint density at radius 1 is 1.10 bits per heavy atom. The van der Waals surface area contributed by atoms with Gasteiger partial charge in [-0.3, -0.25) is 9.36 Å². The van der Waals surface area contributed by atoms with Crippen molar-refractivity contribution in [3.63, 3.8) is 0 Å². The third-order valence-electron chi connectivity index (χ3n) is 7.31. The first-order chi connectivity index (χ1) is 20.4. The Hall–Kier alpha value is -4.22. The number of nitriles is 1. The van der Waals surface area contributed by atoms with Crippen molar-refractivity contribution < 1.29 is 18.1 Å². The van der Waals surface area contributed by atoms with Crippen molar-refractivity contribution in [3.8, 4) is 23.3 Å². The number of rotatable bonds is 7. The highest BCUT2D eigenvalue weighted by molar-refractivity contribution is 7.90. The van der Waals surface area contributed by atoms with E-state index >= 15 is 0 Å². The number of anilines is 2. The predicted octanol–water partition coefficient (Wildman–Crippen LogP) is 3.63. The van der Waals surface area contributed by atoms with E-state index in [0.717, 1.165) is 37.9 Å². The second-order valence-electron chi connectivity index (χ2n) is 9.99. The van der Waals surface area contributed by atoms with Gasteiger partial charge in [-0.1, -0.05) is 0 Å². The van der Waals surface area contributed by atoms with Gasteiger partial charge in [0.05, 0.1) is 23.1 Å². The molecule has 3 heterocycles. The lowest BCUT2D eigenvalue weighted by Crippen LogP contribution is -2.43. The quantitative estimate of drug-likeness (QED) is 0.310. The average Bonchev–Trinajstić information content (AvgIpc) is 3.46. The lowest BCUT2D eigenvalue weighted by molar-refractivity contribution is 0.343. The number of ether oxygens (including phenoxy) is 1. The molecule has 3 aromatic carbocycles. The number of fused-ring (bicyclic) bond motifs is 1. The van der Waals surface area contributed by atoms with Crippen LogP contribution in [0.15, 0.2) is 65.7 Å². The summed E-state index contributed by atoms with van der Waals surface area (Å²) in [7, 11) is 0. The first-order valence-corrected chi connectivity index (χ1v) is 14.6. The molecule has 0 bridgehead atoms. The fourth-order valence-corrected chi connectivity index (χ4v) is 6.12. The molecule has 0 radical (unpaired) electrons. The highest BCUT2D eigenvalue weighted by Crippen LogP contribution is 2.34. The zero-order valence-corrected chi connectivity index (χ0v) is 23.2. The van der Waals surface area contributed by atoms with E-state index in [1.807, 2.05) is 30.3 Å². The molecule has 4 aromatic rings. The molecule has 2 unspecified atom stereocenters. The number of piperazine rings is 1. The first kappa shape index (κ1) is 27.9. The lowest BCUT2D eigenvalue weighted by atomic mass is 10.1. The van der Waals surface area contributed by atoms with E-state index in [-0.39, 0.29) is 47.5 Å². The highest BCUT2D eigenvalue weighted by Gasteiger charge is 2.32. The first-order valence-electron chi connectivity index (χ1n) is 13.5. The molecule has 2 aliphatic rings. The standard InChI is InChI=1S/C29H27F2N7O3S/c30-19-9-12-37(17-19)42(40)35-27-8-6-25(31)28(24(27)16-32)41-22-5-7-26-23(15-22)29(39)38(18-34-26)21-3-1-20(2-4-21)36-13-10-33-11-14-36/h1-8,15,18-19,33,35H,9-14,17H2. The molecule has 10 nitrogen and oxygen atoms in total. The molecule has 2 fully saturated rings. The van der Waals surface area contributed by atoms with Crippen LogP contribution in [0.4, 0.5) is 20.2 Å². The normalized spacial score (nSPS) is 18.1. The Morgan fingerprint density at radius 2 is 1.86 bits per heavy atom. The van der Waals surface area contributed by atoms with E-state index in [0.29, 0.717) is 11.2 Å². The minimum atomic E-state index is -1.83. The molecular formula is C29H27F2N7O3S. The molecule has 13 heteroatoms. The average molecular weight is 592 g/mol. The lowest BCUT2D eigenvalue weighted by Gasteiger charge is -2.29. The summed E-state index contributed by atoms with van der Waals surface area (Å²) in [5, 5.41) is 13.4. The van der Waals surface area contributed by atoms with E-state index in [4.69, 9.17) is 4.74 Å². The van der Waals surface area contributed by atoms with Gasteiger partial charge in [0.15, 0.2) is 23.1 Å². The Morgan fingerprint density at radius 3 is 2.57 bits per heavy atom. The number of halogens is 2. The van der Waals surface area contributed by atoms with Gasteiger partial charge in [-0.2, -0.15) is 9.98 Å². The Labute approximate surface area is 243 Å². The van der Waals surface area contributed by atoms with Gasteiger partial charge in [-0.15, -0.1) is 4.31 Å². The molecule has 0 aliphatic carbocycles. The minimum absolute atomic E-state index is 0.00495. The van der Waals surface area contributed by atoms with Crippen LogP contribution in [0.2, 0.25) is 0 Å². The van der Waals surface area contributed by atoms with Gasteiger partial charge in [0, 0.05) is 38.4 Å². The predicted molar refractivity (Wildman–Crippen MR) is 156 cm³/mol. The Kier molecular flexibility index (Phi) is 7.94. The van der Waals surface area contributed by atoms with Crippen LogP contribution >= 0.6 is 0 Å². The molecule has 2 aliphatic heterocycles. The molecule has 6 rings (SSSR count). The zero-order valence-electron chi connectivity index (χ0n) is 22.4. The smallest absolute Gasteiger partial charge is 0.265 e. The summed E-state index contributed by atoms with van der Waals surface area (Å²) in [5.41, 5.74) is 1.65. The summed E-state index contributed by atoms with van der Waals surface area (Å²) in [6, 6.07) is 16.5. The van der Waals surface area contributed by atoms with Gasteiger partial charge in [-0.05, 0) is 61.0 Å². The van der Waals surface area contributed by atoms with E-state index in [1.165, 1.54) is 33.4 Å². The van der Waals surface area contributed by atoms with E-state index < -0.39 is 29.3 Å². The van der Waals surface area contributed by atoms with Crippen LogP contribution in [0, 0.1) is 17.1 Å². The van der Waals surface area contributed by atoms with Gasteiger partial charge < -0.3 is 19.5 Å². The maximum atomic E-state index is 14.9. The second-order valence-corrected chi connectivity index (χ2v) is 11.2. The number of benzene rings is 3. The summed E-state index contributed by atoms with van der Waals surface area (Å²) in [4.78, 5) is 20.2. The largest absolute Gasteiger partial charge is 0.573 e. The van der Waals surface area contributed by atoms with Crippen molar-refractivity contribution in [2.75, 3.05) is 48.9 Å². The van der Waals surface area contributed by atoms with Crippen molar-refractivity contribution in [3.05, 3.63) is 82.7 Å². The van der Waals surface area contributed by atoms with Crippen molar-refractivity contribution in [2.24, 2.45) is 0 Å².